The number of alkyl halides is 3. The Labute approximate surface area is 167 Å². The highest BCUT2D eigenvalue weighted by atomic mass is 19.4. The number of likely N-dealkylation sites (tertiary alicyclic amines) is 1. The predicted octanol–water partition coefficient (Wildman–Crippen LogP) is 3.62. The highest BCUT2D eigenvalue weighted by Crippen LogP contribution is 2.42. The van der Waals surface area contributed by atoms with E-state index in [0.29, 0.717) is 31.8 Å². The first-order valence-electron chi connectivity index (χ1n) is 9.72. The topological polar surface area (TPSA) is 58.6 Å². The first-order valence-corrected chi connectivity index (χ1v) is 9.72. The normalized spacial score (nSPS) is 22.8. The van der Waals surface area contributed by atoms with Gasteiger partial charge in [0, 0.05) is 25.0 Å². The standard InChI is InChI=1S/C21H25F3N2O3/c1-3-19(27)26-11-14(12-26)8-13(2)25-20(28)17-9-16(10-17)15-4-6-18(7-5-15)29-21(22,23)24/h3-7,13-14,16-17H,1,8-12H2,2H3,(H,25,28). The van der Waals surface area contributed by atoms with Crippen LogP contribution in [0.15, 0.2) is 36.9 Å². The smallest absolute Gasteiger partial charge is 0.406 e. The van der Waals surface area contributed by atoms with Crippen molar-refractivity contribution in [1.29, 1.82) is 0 Å². The summed E-state index contributed by atoms with van der Waals surface area (Å²) in [6.07, 6.45) is -1.20. The maximum absolute atomic E-state index is 12.4. The summed E-state index contributed by atoms with van der Waals surface area (Å²) in [5, 5.41) is 3.04. The molecule has 0 bridgehead atoms. The Morgan fingerprint density at radius 2 is 1.90 bits per heavy atom. The zero-order valence-corrected chi connectivity index (χ0v) is 16.2. The summed E-state index contributed by atoms with van der Waals surface area (Å²) in [5.41, 5.74) is 0.915. The summed E-state index contributed by atoms with van der Waals surface area (Å²) in [6, 6.07) is 5.88. The Morgan fingerprint density at radius 1 is 1.28 bits per heavy atom. The van der Waals surface area contributed by atoms with Crippen molar-refractivity contribution in [2.24, 2.45) is 11.8 Å². The van der Waals surface area contributed by atoms with Gasteiger partial charge in [0.1, 0.15) is 5.75 Å². The molecule has 1 aromatic carbocycles. The third-order valence-electron chi connectivity index (χ3n) is 5.61. The second kappa shape index (κ2) is 8.47. The largest absolute Gasteiger partial charge is 0.573 e. The molecule has 158 valence electrons. The maximum Gasteiger partial charge on any atom is 0.573 e. The van der Waals surface area contributed by atoms with Gasteiger partial charge in [-0.05, 0) is 61.8 Å². The lowest BCUT2D eigenvalue weighted by atomic mass is 9.71. The van der Waals surface area contributed by atoms with Crippen molar-refractivity contribution in [1.82, 2.24) is 10.2 Å². The molecule has 0 radical (unpaired) electrons. The number of nitrogens with one attached hydrogen (secondary N) is 1. The summed E-state index contributed by atoms with van der Waals surface area (Å²) in [5.74, 6) is 0.203. The van der Waals surface area contributed by atoms with E-state index in [9.17, 15) is 22.8 Å². The van der Waals surface area contributed by atoms with Crippen LogP contribution in [-0.2, 0) is 9.59 Å². The van der Waals surface area contributed by atoms with E-state index in [4.69, 9.17) is 0 Å². The van der Waals surface area contributed by atoms with E-state index in [1.807, 2.05) is 6.92 Å². The number of ether oxygens (including phenoxy) is 1. The Morgan fingerprint density at radius 3 is 2.45 bits per heavy atom. The molecule has 5 nitrogen and oxygen atoms in total. The molecule has 0 spiro atoms. The van der Waals surface area contributed by atoms with Gasteiger partial charge in [-0.3, -0.25) is 9.59 Å². The molecule has 1 aliphatic carbocycles. The molecule has 2 fully saturated rings. The average Bonchev–Trinajstić information content (AvgIpc) is 2.56. The van der Waals surface area contributed by atoms with Crippen LogP contribution in [0.5, 0.6) is 5.75 Å². The van der Waals surface area contributed by atoms with Gasteiger partial charge >= 0.3 is 6.36 Å². The Kier molecular flexibility index (Phi) is 6.19. The number of rotatable bonds is 7. The first kappa shape index (κ1) is 21.2. The highest BCUT2D eigenvalue weighted by Gasteiger charge is 2.37. The average molecular weight is 410 g/mol. The lowest BCUT2D eigenvalue weighted by Crippen LogP contribution is -2.52. The van der Waals surface area contributed by atoms with Crippen LogP contribution < -0.4 is 10.1 Å². The van der Waals surface area contributed by atoms with Gasteiger partial charge in [0.2, 0.25) is 11.8 Å². The minimum absolute atomic E-state index is 0.0177. The van der Waals surface area contributed by atoms with Gasteiger partial charge in [-0.1, -0.05) is 18.7 Å². The maximum atomic E-state index is 12.4. The van der Waals surface area contributed by atoms with Gasteiger partial charge in [-0.15, -0.1) is 13.2 Å². The SMILES string of the molecule is C=CC(=O)N1CC(CC(C)NC(=O)C2CC(c3ccc(OC(F)(F)F)cc3)C2)C1. The fourth-order valence-electron chi connectivity index (χ4n) is 3.99. The minimum atomic E-state index is -4.70. The summed E-state index contributed by atoms with van der Waals surface area (Å²) in [6.45, 7) is 6.83. The third kappa shape index (κ3) is 5.52. The Bertz CT molecular complexity index is 751. The van der Waals surface area contributed by atoms with Crippen LogP contribution in [0, 0.1) is 11.8 Å². The minimum Gasteiger partial charge on any atom is -0.406 e. The molecule has 29 heavy (non-hydrogen) atoms. The monoisotopic (exact) mass is 410 g/mol. The van der Waals surface area contributed by atoms with E-state index in [1.165, 1.54) is 18.2 Å². The van der Waals surface area contributed by atoms with Crippen LogP contribution in [-0.4, -0.2) is 42.2 Å². The highest BCUT2D eigenvalue weighted by molar-refractivity contribution is 5.87. The van der Waals surface area contributed by atoms with E-state index < -0.39 is 6.36 Å². The number of hydrogen-bond donors (Lipinski definition) is 1. The van der Waals surface area contributed by atoms with Gasteiger partial charge in [0.25, 0.3) is 0 Å². The first-order chi connectivity index (χ1) is 13.6. The van der Waals surface area contributed by atoms with Crippen molar-refractivity contribution in [3.63, 3.8) is 0 Å². The van der Waals surface area contributed by atoms with E-state index in [1.54, 1.807) is 17.0 Å². The molecular weight excluding hydrogens is 385 g/mol. The number of benzene rings is 1. The van der Waals surface area contributed by atoms with Crippen LogP contribution in [0.4, 0.5) is 13.2 Å². The number of carbonyl (C=O) groups is 2. The number of amides is 2. The second-order valence-corrected chi connectivity index (χ2v) is 7.94. The van der Waals surface area contributed by atoms with E-state index in [2.05, 4.69) is 16.6 Å². The van der Waals surface area contributed by atoms with Crippen LogP contribution in [0.1, 0.15) is 37.7 Å². The van der Waals surface area contributed by atoms with Crippen LogP contribution in [0.25, 0.3) is 0 Å². The lowest BCUT2D eigenvalue weighted by molar-refractivity contribution is -0.274. The number of nitrogens with zero attached hydrogens (tertiary/aromatic N) is 1. The zero-order valence-electron chi connectivity index (χ0n) is 16.2. The van der Waals surface area contributed by atoms with Crippen molar-refractivity contribution >= 4 is 11.8 Å². The number of halogens is 3. The van der Waals surface area contributed by atoms with Crippen molar-refractivity contribution in [2.45, 2.75) is 44.5 Å². The third-order valence-corrected chi connectivity index (χ3v) is 5.61. The number of carbonyl (C=O) groups excluding carboxylic acids is 2. The molecule has 1 atom stereocenters. The molecule has 8 heteroatoms. The number of hydrogen-bond acceptors (Lipinski definition) is 3. The van der Waals surface area contributed by atoms with Gasteiger partial charge in [-0.25, -0.2) is 0 Å². The van der Waals surface area contributed by atoms with Gasteiger partial charge in [0.15, 0.2) is 0 Å². The van der Waals surface area contributed by atoms with E-state index in [0.717, 1.165) is 12.0 Å². The van der Waals surface area contributed by atoms with Gasteiger partial charge in [0.05, 0.1) is 0 Å². The molecule has 1 aromatic rings. The molecule has 1 heterocycles. The fraction of sp³-hybridized carbons (Fsp3) is 0.524. The molecular formula is C21H25F3N2O3. The van der Waals surface area contributed by atoms with Crippen molar-refractivity contribution in [2.75, 3.05) is 13.1 Å². The summed E-state index contributed by atoms with van der Waals surface area (Å²) < 4.78 is 40.5. The molecule has 3 rings (SSSR count). The molecule has 1 saturated carbocycles. The predicted molar refractivity (Wildman–Crippen MR) is 101 cm³/mol. The molecule has 1 saturated heterocycles. The van der Waals surface area contributed by atoms with E-state index in [-0.39, 0.29) is 35.4 Å². The molecule has 1 N–H and O–H groups in total. The quantitative estimate of drug-likeness (QED) is 0.699. The van der Waals surface area contributed by atoms with Crippen LogP contribution >= 0.6 is 0 Å². The fourth-order valence-corrected chi connectivity index (χ4v) is 3.99. The molecule has 0 aromatic heterocycles. The van der Waals surface area contributed by atoms with Crippen molar-refractivity contribution in [3.8, 4) is 5.75 Å². The van der Waals surface area contributed by atoms with Crippen molar-refractivity contribution in [3.05, 3.63) is 42.5 Å². The zero-order chi connectivity index (χ0) is 21.2. The lowest BCUT2D eigenvalue weighted by Gasteiger charge is -2.40. The van der Waals surface area contributed by atoms with Crippen molar-refractivity contribution < 1.29 is 27.5 Å². The van der Waals surface area contributed by atoms with Gasteiger partial charge < -0.3 is 15.0 Å². The molecule has 2 aliphatic rings. The Balaban J connectivity index is 1.38. The summed E-state index contributed by atoms with van der Waals surface area (Å²) in [7, 11) is 0. The van der Waals surface area contributed by atoms with Crippen LogP contribution in [0.2, 0.25) is 0 Å². The Hall–Kier alpha value is -2.51. The second-order valence-electron chi connectivity index (χ2n) is 7.94. The van der Waals surface area contributed by atoms with E-state index >= 15 is 0 Å². The van der Waals surface area contributed by atoms with Crippen LogP contribution in [0.3, 0.4) is 0 Å². The summed E-state index contributed by atoms with van der Waals surface area (Å²) in [4.78, 5) is 25.6. The molecule has 1 aliphatic heterocycles. The molecule has 1 unspecified atom stereocenters. The van der Waals surface area contributed by atoms with Gasteiger partial charge in [-0.2, -0.15) is 0 Å². The molecule has 2 amide bonds. The summed E-state index contributed by atoms with van der Waals surface area (Å²) >= 11 is 0.